The van der Waals surface area contributed by atoms with Gasteiger partial charge >= 0.3 is 0 Å². The van der Waals surface area contributed by atoms with Crippen molar-refractivity contribution in [2.75, 3.05) is 0 Å². The van der Waals surface area contributed by atoms with Crippen LogP contribution in [0.2, 0.25) is 0 Å². The average Bonchev–Trinajstić information content (AvgIpc) is 2.28. The summed E-state index contributed by atoms with van der Waals surface area (Å²) in [5, 5.41) is 10.5. The highest BCUT2D eigenvalue weighted by Gasteiger charge is 2.37. The third-order valence-electron chi connectivity index (χ3n) is 4.25. The molecule has 2 heteroatoms. The van der Waals surface area contributed by atoms with Gasteiger partial charge < -0.3 is 5.11 Å². The lowest BCUT2D eigenvalue weighted by atomic mass is 9.66. The minimum atomic E-state index is -0.363. The molecule has 0 saturated heterocycles. The van der Waals surface area contributed by atoms with Crippen LogP contribution in [0.5, 0.6) is 0 Å². The molecule has 2 nitrogen and oxygen atoms in total. The fourth-order valence-corrected chi connectivity index (χ4v) is 2.99. The quantitative estimate of drug-likeness (QED) is 0.846. The molecule has 1 aliphatic carbocycles. The standard InChI is InChI=1S/C15H23NO/c1-11-7-8-12(10-16-11)14(17)13-6-4-5-9-15(13,2)3/h7-8,10,13-14,17H,4-6,9H2,1-3H3. The van der Waals surface area contributed by atoms with E-state index in [1.165, 1.54) is 19.3 Å². The van der Waals surface area contributed by atoms with E-state index in [1.807, 2.05) is 25.3 Å². The van der Waals surface area contributed by atoms with E-state index in [9.17, 15) is 5.11 Å². The molecule has 0 aliphatic heterocycles. The van der Waals surface area contributed by atoms with E-state index >= 15 is 0 Å². The van der Waals surface area contributed by atoms with Crippen molar-refractivity contribution in [1.29, 1.82) is 0 Å². The first kappa shape index (κ1) is 12.6. The van der Waals surface area contributed by atoms with Crippen LogP contribution in [0.15, 0.2) is 18.3 Å². The number of aryl methyl sites for hydroxylation is 1. The predicted molar refractivity (Wildman–Crippen MR) is 69.7 cm³/mol. The SMILES string of the molecule is Cc1ccc(C(O)C2CCCCC2(C)C)cn1. The van der Waals surface area contributed by atoms with Crippen LogP contribution >= 0.6 is 0 Å². The van der Waals surface area contributed by atoms with Gasteiger partial charge in [-0.15, -0.1) is 0 Å². The van der Waals surface area contributed by atoms with Gasteiger partial charge in [0.05, 0.1) is 6.10 Å². The van der Waals surface area contributed by atoms with Crippen molar-refractivity contribution in [3.63, 3.8) is 0 Å². The van der Waals surface area contributed by atoms with E-state index < -0.39 is 0 Å². The minimum absolute atomic E-state index is 0.239. The summed E-state index contributed by atoms with van der Waals surface area (Å²) in [7, 11) is 0. The van der Waals surface area contributed by atoms with Gasteiger partial charge in [-0.25, -0.2) is 0 Å². The van der Waals surface area contributed by atoms with Gasteiger partial charge in [-0.1, -0.05) is 32.8 Å². The molecule has 1 fully saturated rings. The van der Waals surface area contributed by atoms with Crippen LogP contribution in [-0.4, -0.2) is 10.1 Å². The van der Waals surface area contributed by atoms with Crippen LogP contribution in [0, 0.1) is 18.3 Å². The Morgan fingerprint density at radius 2 is 2.12 bits per heavy atom. The summed E-state index contributed by atoms with van der Waals surface area (Å²) >= 11 is 0. The third-order valence-corrected chi connectivity index (χ3v) is 4.25. The zero-order chi connectivity index (χ0) is 12.5. The molecule has 0 aromatic carbocycles. The zero-order valence-corrected chi connectivity index (χ0v) is 11.1. The molecule has 1 N–H and O–H groups in total. The summed E-state index contributed by atoms with van der Waals surface area (Å²) in [6.07, 6.45) is 6.34. The molecule has 1 aliphatic rings. The monoisotopic (exact) mass is 233 g/mol. The maximum Gasteiger partial charge on any atom is 0.0838 e. The Morgan fingerprint density at radius 3 is 2.71 bits per heavy atom. The third kappa shape index (κ3) is 2.68. The Hall–Kier alpha value is -0.890. The van der Waals surface area contributed by atoms with E-state index in [4.69, 9.17) is 0 Å². The normalized spacial score (nSPS) is 25.5. The second-order valence-electron chi connectivity index (χ2n) is 6.02. The number of rotatable bonds is 2. The Labute approximate surface area is 104 Å². The second kappa shape index (κ2) is 4.77. The zero-order valence-electron chi connectivity index (χ0n) is 11.1. The molecule has 1 heterocycles. The summed E-state index contributed by atoms with van der Waals surface area (Å²) < 4.78 is 0. The summed E-state index contributed by atoms with van der Waals surface area (Å²) in [5.41, 5.74) is 2.21. The fourth-order valence-electron chi connectivity index (χ4n) is 2.99. The maximum atomic E-state index is 10.5. The van der Waals surface area contributed by atoms with Gasteiger partial charge in [-0.2, -0.15) is 0 Å². The van der Waals surface area contributed by atoms with Gasteiger partial charge in [-0.3, -0.25) is 4.98 Å². The fraction of sp³-hybridized carbons (Fsp3) is 0.667. The van der Waals surface area contributed by atoms with Gasteiger partial charge in [0.2, 0.25) is 0 Å². The number of aliphatic hydroxyl groups excluding tert-OH is 1. The van der Waals surface area contributed by atoms with E-state index in [1.54, 1.807) is 0 Å². The Bertz CT molecular complexity index is 369. The first-order valence-electron chi connectivity index (χ1n) is 6.61. The second-order valence-corrected chi connectivity index (χ2v) is 6.02. The maximum absolute atomic E-state index is 10.5. The van der Waals surface area contributed by atoms with Gasteiger partial charge in [0, 0.05) is 11.9 Å². The van der Waals surface area contributed by atoms with Crippen LogP contribution in [0.25, 0.3) is 0 Å². The van der Waals surface area contributed by atoms with Crippen LogP contribution in [0.4, 0.5) is 0 Å². The Balaban J connectivity index is 2.18. The lowest BCUT2D eigenvalue weighted by Crippen LogP contribution is -2.32. The van der Waals surface area contributed by atoms with E-state index in [0.717, 1.165) is 17.7 Å². The molecule has 1 aromatic heterocycles. The summed E-state index contributed by atoms with van der Waals surface area (Å²) in [6.45, 7) is 6.53. The first-order valence-corrected chi connectivity index (χ1v) is 6.61. The number of hydrogen-bond donors (Lipinski definition) is 1. The van der Waals surface area contributed by atoms with Crippen molar-refractivity contribution in [2.24, 2.45) is 11.3 Å². The summed E-state index contributed by atoms with van der Waals surface area (Å²) in [6, 6.07) is 3.99. The van der Waals surface area contributed by atoms with Crippen LogP contribution in [0.3, 0.4) is 0 Å². The number of aromatic nitrogens is 1. The van der Waals surface area contributed by atoms with Crippen molar-refractivity contribution in [1.82, 2.24) is 4.98 Å². The molecule has 0 bridgehead atoms. The molecule has 0 radical (unpaired) electrons. The Kier molecular flexibility index (Phi) is 3.53. The lowest BCUT2D eigenvalue weighted by Gasteiger charge is -2.41. The van der Waals surface area contributed by atoms with Crippen molar-refractivity contribution in [3.05, 3.63) is 29.6 Å². The van der Waals surface area contributed by atoms with Crippen molar-refractivity contribution in [3.8, 4) is 0 Å². The first-order chi connectivity index (χ1) is 8.00. The smallest absolute Gasteiger partial charge is 0.0838 e. The molecule has 17 heavy (non-hydrogen) atoms. The molecule has 2 rings (SSSR count). The molecular weight excluding hydrogens is 210 g/mol. The highest BCUT2D eigenvalue weighted by atomic mass is 16.3. The molecule has 1 aromatic rings. The van der Waals surface area contributed by atoms with E-state index in [0.29, 0.717) is 5.92 Å². The van der Waals surface area contributed by atoms with Crippen molar-refractivity contribution < 1.29 is 5.11 Å². The molecule has 1 saturated carbocycles. The number of nitrogens with zero attached hydrogens (tertiary/aromatic N) is 1. The number of hydrogen-bond acceptors (Lipinski definition) is 2. The molecule has 0 spiro atoms. The van der Waals surface area contributed by atoms with Gasteiger partial charge in [0.25, 0.3) is 0 Å². The topological polar surface area (TPSA) is 33.1 Å². The highest BCUT2D eigenvalue weighted by Crippen LogP contribution is 2.46. The van der Waals surface area contributed by atoms with Crippen LogP contribution in [-0.2, 0) is 0 Å². The number of pyridine rings is 1. The van der Waals surface area contributed by atoms with Crippen LogP contribution in [0.1, 0.15) is 56.9 Å². The molecule has 2 atom stereocenters. The molecular formula is C15H23NO. The van der Waals surface area contributed by atoms with Crippen LogP contribution < -0.4 is 0 Å². The Morgan fingerprint density at radius 1 is 1.35 bits per heavy atom. The van der Waals surface area contributed by atoms with Gasteiger partial charge in [0.1, 0.15) is 0 Å². The predicted octanol–water partition coefficient (Wildman–Crippen LogP) is 3.64. The summed E-state index contributed by atoms with van der Waals surface area (Å²) in [4.78, 5) is 4.28. The van der Waals surface area contributed by atoms with Crippen molar-refractivity contribution >= 4 is 0 Å². The van der Waals surface area contributed by atoms with Gasteiger partial charge in [-0.05, 0) is 42.7 Å². The van der Waals surface area contributed by atoms with Gasteiger partial charge in [0.15, 0.2) is 0 Å². The summed E-state index contributed by atoms with van der Waals surface area (Å²) in [5.74, 6) is 0.362. The lowest BCUT2D eigenvalue weighted by molar-refractivity contribution is 0.00367. The molecule has 0 amide bonds. The van der Waals surface area contributed by atoms with E-state index in [2.05, 4.69) is 18.8 Å². The van der Waals surface area contributed by atoms with E-state index in [-0.39, 0.29) is 11.5 Å². The average molecular weight is 233 g/mol. The van der Waals surface area contributed by atoms with Crippen molar-refractivity contribution in [2.45, 2.75) is 52.6 Å². The molecule has 94 valence electrons. The molecule has 2 unspecified atom stereocenters. The largest absolute Gasteiger partial charge is 0.388 e. The minimum Gasteiger partial charge on any atom is -0.388 e. The highest BCUT2D eigenvalue weighted by molar-refractivity contribution is 5.17. The number of aliphatic hydroxyl groups is 1.